The number of anilines is 1. The molecule has 2 amide bonds. The number of hydrogen-bond donors (Lipinski definition) is 0. The molecule has 5 nitrogen and oxygen atoms in total. The minimum Gasteiger partial charge on any atom is -0.378 e. The normalized spacial score (nSPS) is 14.7. The first-order valence-electron chi connectivity index (χ1n) is 8.32. The van der Waals surface area contributed by atoms with Gasteiger partial charge in [-0.05, 0) is 24.0 Å². The van der Waals surface area contributed by atoms with Crippen molar-refractivity contribution < 1.29 is 14.3 Å². The molecule has 0 radical (unpaired) electrons. The Bertz CT molecular complexity index is 543. The van der Waals surface area contributed by atoms with E-state index in [1.54, 1.807) is 9.80 Å². The van der Waals surface area contributed by atoms with Gasteiger partial charge in [0.05, 0.1) is 18.9 Å². The summed E-state index contributed by atoms with van der Waals surface area (Å²) in [4.78, 5) is 28.2. The van der Waals surface area contributed by atoms with Gasteiger partial charge in [0.25, 0.3) is 0 Å². The molecule has 1 saturated heterocycles. The van der Waals surface area contributed by atoms with E-state index < -0.39 is 0 Å². The van der Waals surface area contributed by atoms with Gasteiger partial charge in [-0.3, -0.25) is 9.59 Å². The van der Waals surface area contributed by atoms with Gasteiger partial charge in [0.2, 0.25) is 11.8 Å². The largest absolute Gasteiger partial charge is 0.378 e. The van der Waals surface area contributed by atoms with Crippen LogP contribution in [0.25, 0.3) is 0 Å². The molecule has 5 heteroatoms. The lowest BCUT2D eigenvalue weighted by Crippen LogP contribution is -2.47. The van der Waals surface area contributed by atoms with E-state index in [0.717, 1.165) is 29.7 Å². The Kier molecular flexibility index (Phi) is 6.16. The van der Waals surface area contributed by atoms with Crippen molar-refractivity contribution in [2.45, 2.75) is 33.6 Å². The summed E-state index contributed by atoms with van der Waals surface area (Å²) >= 11 is 0. The van der Waals surface area contributed by atoms with Crippen LogP contribution < -0.4 is 4.90 Å². The van der Waals surface area contributed by atoms with E-state index >= 15 is 0 Å². The molecule has 0 atom stereocenters. The van der Waals surface area contributed by atoms with Crippen molar-refractivity contribution in [1.82, 2.24) is 4.90 Å². The molecule has 0 bridgehead atoms. The van der Waals surface area contributed by atoms with Gasteiger partial charge in [-0.1, -0.05) is 32.0 Å². The quantitative estimate of drug-likeness (QED) is 0.834. The predicted molar refractivity (Wildman–Crippen MR) is 90.6 cm³/mol. The van der Waals surface area contributed by atoms with E-state index in [0.29, 0.717) is 26.3 Å². The lowest BCUT2D eigenvalue weighted by atomic mass is 10.0. The molecule has 0 unspecified atom stereocenters. The Morgan fingerprint density at radius 2 is 1.70 bits per heavy atom. The van der Waals surface area contributed by atoms with Gasteiger partial charge >= 0.3 is 0 Å². The van der Waals surface area contributed by atoms with Gasteiger partial charge in [-0.2, -0.15) is 0 Å². The van der Waals surface area contributed by atoms with Crippen molar-refractivity contribution in [3.63, 3.8) is 0 Å². The highest BCUT2D eigenvalue weighted by Crippen LogP contribution is 2.27. The van der Waals surface area contributed by atoms with Gasteiger partial charge < -0.3 is 14.5 Å². The average Bonchev–Trinajstić information content (AvgIpc) is 2.59. The molecule has 23 heavy (non-hydrogen) atoms. The van der Waals surface area contributed by atoms with E-state index in [1.807, 2.05) is 18.2 Å². The smallest absolute Gasteiger partial charge is 0.242 e. The monoisotopic (exact) mass is 318 g/mol. The average molecular weight is 318 g/mol. The molecule has 1 aromatic rings. The first kappa shape index (κ1) is 17.5. The number of hydrogen-bond acceptors (Lipinski definition) is 3. The van der Waals surface area contributed by atoms with E-state index in [-0.39, 0.29) is 18.4 Å². The SMILES string of the molecule is CCc1cccc(CC)c1N(CC(=O)N1CCOCC1)C(C)=O. The Hall–Kier alpha value is -1.88. The second kappa shape index (κ2) is 8.11. The number of ether oxygens (including phenoxy) is 1. The number of carbonyl (C=O) groups excluding carboxylic acids is 2. The number of amides is 2. The molecule has 2 rings (SSSR count). The van der Waals surface area contributed by atoms with Crippen LogP contribution in [0.4, 0.5) is 5.69 Å². The fourth-order valence-electron chi connectivity index (χ4n) is 2.96. The van der Waals surface area contributed by atoms with Crippen LogP contribution in [-0.2, 0) is 27.2 Å². The number of nitrogens with zero attached hydrogens (tertiary/aromatic N) is 2. The number of carbonyl (C=O) groups is 2. The highest BCUT2D eigenvalue weighted by Gasteiger charge is 2.24. The summed E-state index contributed by atoms with van der Waals surface area (Å²) < 4.78 is 5.29. The summed E-state index contributed by atoms with van der Waals surface area (Å²) in [7, 11) is 0. The van der Waals surface area contributed by atoms with E-state index in [9.17, 15) is 9.59 Å². The van der Waals surface area contributed by atoms with Crippen LogP contribution in [0.3, 0.4) is 0 Å². The molecule has 0 spiro atoms. The first-order chi connectivity index (χ1) is 11.1. The van der Waals surface area contributed by atoms with Crippen LogP contribution >= 0.6 is 0 Å². The van der Waals surface area contributed by atoms with Gasteiger partial charge in [-0.25, -0.2) is 0 Å². The molecule has 0 saturated carbocycles. The van der Waals surface area contributed by atoms with Crippen molar-refractivity contribution in [3.8, 4) is 0 Å². The Morgan fingerprint density at radius 1 is 1.13 bits per heavy atom. The summed E-state index contributed by atoms with van der Waals surface area (Å²) in [5.41, 5.74) is 3.12. The van der Waals surface area contributed by atoms with Crippen molar-refractivity contribution in [2.75, 3.05) is 37.7 Å². The molecule has 1 heterocycles. The van der Waals surface area contributed by atoms with E-state index in [2.05, 4.69) is 13.8 Å². The molecule has 126 valence electrons. The summed E-state index contributed by atoms with van der Waals surface area (Å²) in [6.07, 6.45) is 1.66. The van der Waals surface area contributed by atoms with E-state index in [4.69, 9.17) is 4.74 Å². The molecule has 0 aliphatic carbocycles. The Morgan fingerprint density at radius 3 is 2.17 bits per heavy atom. The number of morpholine rings is 1. The van der Waals surface area contributed by atoms with Crippen LogP contribution in [-0.4, -0.2) is 49.6 Å². The number of rotatable bonds is 5. The fourth-order valence-corrected chi connectivity index (χ4v) is 2.96. The van der Waals surface area contributed by atoms with E-state index in [1.165, 1.54) is 6.92 Å². The fraction of sp³-hybridized carbons (Fsp3) is 0.556. The van der Waals surface area contributed by atoms with Gasteiger partial charge in [0.1, 0.15) is 6.54 Å². The lowest BCUT2D eigenvalue weighted by molar-refractivity contribution is -0.134. The molecule has 1 aliphatic rings. The molecule has 1 aromatic carbocycles. The van der Waals surface area contributed by atoms with Crippen LogP contribution in [0, 0.1) is 0 Å². The minimum atomic E-state index is -0.0952. The summed E-state index contributed by atoms with van der Waals surface area (Å²) in [6, 6.07) is 6.08. The minimum absolute atomic E-state index is 0.0172. The molecule has 0 N–H and O–H groups in total. The summed E-state index contributed by atoms with van der Waals surface area (Å²) in [5, 5.41) is 0. The number of benzene rings is 1. The molecule has 1 aliphatic heterocycles. The maximum absolute atomic E-state index is 12.6. The van der Waals surface area contributed by atoms with Gasteiger partial charge in [0.15, 0.2) is 0 Å². The van der Waals surface area contributed by atoms with Crippen LogP contribution in [0.15, 0.2) is 18.2 Å². The third-order valence-corrected chi connectivity index (χ3v) is 4.27. The summed E-state index contributed by atoms with van der Waals surface area (Å²) in [6.45, 7) is 8.09. The predicted octanol–water partition coefficient (Wildman–Crippen LogP) is 2.02. The first-order valence-corrected chi connectivity index (χ1v) is 8.32. The molecule has 1 fully saturated rings. The zero-order valence-electron chi connectivity index (χ0n) is 14.3. The van der Waals surface area contributed by atoms with Gasteiger partial charge in [-0.15, -0.1) is 0 Å². The second-order valence-corrected chi connectivity index (χ2v) is 5.73. The number of para-hydroxylation sites is 1. The van der Waals surface area contributed by atoms with Crippen molar-refractivity contribution >= 4 is 17.5 Å². The Labute approximate surface area is 138 Å². The third kappa shape index (κ3) is 4.10. The molecular formula is C18H26N2O3. The zero-order valence-corrected chi connectivity index (χ0v) is 14.3. The molecular weight excluding hydrogens is 292 g/mol. The maximum Gasteiger partial charge on any atom is 0.242 e. The van der Waals surface area contributed by atoms with Crippen molar-refractivity contribution in [2.24, 2.45) is 0 Å². The highest BCUT2D eigenvalue weighted by molar-refractivity contribution is 5.98. The highest BCUT2D eigenvalue weighted by atomic mass is 16.5. The van der Waals surface area contributed by atoms with Crippen LogP contribution in [0.2, 0.25) is 0 Å². The standard InChI is InChI=1S/C18H26N2O3/c1-4-15-7-6-8-16(5-2)18(15)20(14(3)21)13-17(22)19-9-11-23-12-10-19/h6-8H,4-5,9-13H2,1-3H3. The maximum atomic E-state index is 12.6. The van der Waals surface area contributed by atoms with Gasteiger partial charge in [0, 0.05) is 20.0 Å². The Balaban J connectivity index is 2.28. The molecule has 0 aromatic heterocycles. The summed E-state index contributed by atoms with van der Waals surface area (Å²) in [5.74, 6) is -0.112. The second-order valence-electron chi connectivity index (χ2n) is 5.73. The topological polar surface area (TPSA) is 49.9 Å². The van der Waals surface area contributed by atoms with Crippen molar-refractivity contribution in [1.29, 1.82) is 0 Å². The van der Waals surface area contributed by atoms with Crippen LogP contribution in [0.1, 0.15) is 31.9 Å². The lowest BCUT2D eigenvalue weighted by Gasteiger charge is -2.31. The number of aryl methyl sites for hydroxylation is 2. The van der Waals surface area contributed by atoms with Crippen LogP contribution in [0.5, 0.6) is 0 Å². The third-order valence-electron chi connectivity index (χ3n) is 4.27. The zero-order chi connectivity index (χ0) is 16.8. The van der Waals surface area contributed by atoms with Crippen molar-refractivity contribution in [3.05, 3.63) is 29.3 Å².